The summed E-state index contributed by atoms with van der Waals surface area (Å²) in [6.07, 6.45) is 0. The van der Waals surface area contributed by atoms with Gasteiger partial charge in [0.2, 0.25) is 0 Å². The molecule has 0 bridgehead atoms. The second-order valence-corrected chi connectivity index (χ2v) is 6.87. The molecule has 29 heavy (non-hydrogen) atoms. The van der Waals surface area contributed by atoms with E-state index in [0.29, 0.717) is 0 Å². The van der Waals surface area contributed by atoms with E-state index in [0.717, 1.165) is 35.0 Å². The van der Waals surface area contributed by atoms with Crippen LogP contribution in [0.25, 0.3) is 0 Å². The number of nitrogens with zero attached hydrogens (tertiary/aromatic N) is 2. The van der Waals surface area contributed by atoms with Gasteiger partial charge < -0.3 is 14.2 Å². The SMILES string of the molecule is COCOCC1SC(c2cc(F)ccc2F)=NN1C(=O)COC.c1ccccc1. The third-order valence-corrected chi connectivity index (χ3v) is 4.66. The Morgan fingerprint density at radius 1 is 1.10 bits per heavy atom. The molecule has 0 saturated carbocycles. The van der Waals surface area contributed by atoms with Crippen molar-refractivity contribution < 1.29 is 27.8 Å². The molecule has 0 aromatic heterocycles. The Morgan fingerprint density at radius 3 is 2.34 bits per heavy atom. The van der Waals surface area contributed by atoms with Crippen molar-refractivity contribution in [2.75, 3.05) is 34.2 Å². The Labute approximate surface area is 172 Å². The number of rotatable bonds is 7. The molecule has 1 aliphatic rings. The van der Waals surface area contributed by atoms with E-state index in [1.54, 1.807) is 0 Å². The van der Waals surface area contributed by atoms with Crippen molar-refractivity contribution in [3.8, 4) is 0 Å². The first-order chi connectivity index (χ1) is 14.1. The van der Waals surface area contributed by atoms with Gasteiger partial charge in [0.05, 0.1) is 6.61 Å². The summed E-state index contributed by atoms with van der Waals surface area (Å²) in [4.78, 5) is 12.0. The Hall–Kier alpha value is -2.33. The summed E-state index contributed by atoms with van der Waals surface area (Å²) in [5.41, 5.74) is -0.000502. The standard InChI is InChI=1S/C14H16F2N2O4S.C6H6/c1-20-6-12(19)18-13(7-22-8-21-2)23-14(17-18)10-5-9(15)3-4-11(10)16;1-2-4-6-5-3-1/h3-5,13H,6-8H2,1-2H3;1-6H. The number of thioether (sulfide) groups is 1. The van der Waals surface area contributed by atoms with Crippen molar-refractivity contribution in [1.29, 1.82) is 0 Å². The Balaban J connectivity index is 0.000000426. The minimum atomic E-state index is -0.616. The molecule has 2 aromatic carbocycles. The van der Waals surface area contributed by atoms with Gasteiger partial charge in [-0.15, -0.1) is 0 Å². The summed E-state index contributed by atoms with van der Waals surface area (Å²) < 4.78 is 42.1. The Morgan fingerprint density at radius 2 is 1.76 bits per heavy atom. The van der Waals surface area contributed by atoms with E-state index in [2.05, 4.69) is 5.10 Å². The molecule has 3 rings (SSSR count). The minimum absolute atomic E-state index is 0.000502. The highest BCUT2D eigenvalue weighted by molar-refractivity contribution is 8.15. The first-order valence-electron chi connectivity index (χ1n) is 8.65. The summed E-state index contributed by atoms with van der Waals surface area (Å²) in [7, 11) is 2.86. The third kappa shape index (κ3) is 7.21. The number of amides is 1. The van der Waals surface area contributed by atoms with Crippen molar-refractivity contribution in [3.05, 3.63) is 71.8 Å². The first kappa shape index (κ1) is 23.0. The normalized spacial score (nSPS) is 15.5. The van der Waals surface area contributed by atoms with Crippen molar-refractivity contribution in [1.82, 2.24) is 5.01 Å². The van der Waals surface area contributed by atoms with Gasteiger partial charge in [-0.1, -0.05) is 48.2 Å². The Bertz CT molecular complexity index is 782. The lowest BCUT2D eigenvalue weighted by atomic mass is 10.2. The summed E-state index contributed by atoms with van der Waals surface area (Å²) in [6, 6.07) is 15.1. The van der Waals surface area contributed by atoms with Gasteiger partial charge >= 0.3 is 0 Å². The van der Waals surface area contributed by atoms with Crippen LogP contribution in [0.4, 0.5) is 8.78 Å². The van der Waals surface area contributed by atoms with Crippen LogP contribution in [0.1, 0.15) is 5.56 Å². The maximum absolute atomic E-state index is 13.9. The number of carbonyl (C=O) groups is 1. The molecule has 1 aliphatic heterocycles. The molecular formula is C20H22F2N2O4S. The monoisotopic (exact) mass is 424 g/mol. The number of hydrazone groups is 1. The van der Waals surface area contributed by atoms with Crippen LogP contribution in [-0.4, -0.2) is 55.6 Å². The molecular weight excluding hydrogens is 402 g/mol. The van der Waals surface area contributed by atoms with Crippen LogP contribution in [0.5, 0.6) is 0 Å². The predicted octanol–water partition coefficient (Wildman–Crippen LogP) is 3.48. The highest BCUT2D eigenvalue weighted by Gasteiger charge is 2.33. The molecule has 1 unspecified atom stereocenters. The third-order valence-electron chi connectivity index (χ3n) is 3.53. The maximum atomic E-state index is 13.9. The summed E-state index contributed by atoms with van der Waals surface area (Å²) >= 11 is 1.11. The van der Waals surface area contributed by atoms with Crippen LogP contribution in [-0.2, 0) is 19.0 Å². The molecule has 0 radical (unpaired) electrons. The van der Waals surface area contributed by atoms with Gasteiger partial charge in [0.1, 0.15) is 35.5 Å². The zero-order chi connectivity index (χ0) is 21.1. The lowest BCUT2D eigenvalue weighted by Crippen LogP contribution is -2.36. The Kier molecular flexibility index (Phi) is 9.72. The number of carbonyl (C=O) groups excluding carboxylic acids is 1. The number of hydrogen-bond acceptors (Lipinski definition) is 6. The molecule has 6 nitrogen and oxygen atoms in total. The van der Waals surface area contributed by atoms with Crippen LogP contribution in [0, 0.1) is 11.6 Å². The lowest BCUT2D eigenvalue weighted by Gasteiger charge is -2.20. The molecule has 9 heteroatoms. The van der Waals surface area contributed by atoms with Gasteiger partial charge in [0, 0.05) is 19.8 Å². The fourth-order valence-electron chi connectivity index (χ4n) is 2.27. The molecule has 0 saturated heterocycles. The predicted molar refractivity (Wildman–Crippen MR) is 107 cm³/mol. The van der Waals surface area contributed by atoms with E-state index in [-0.39, 0.29) is 30.6 Å². The van der Waals surface area contributed by atoms with E-state index < -0.39 is 22.9 Å². The van der Waals surface area contributed by atoms with Gasteiger partial charge in [0.25, 0.3) is 5.91 Å². The molecule has 2 aromatic rings. The smallest absolute Gasteiger partial charge is 0.269 e. The molecule has 0 spiro atoms. The second-order valence-electron chi connectivity index (χ2n) is 5.71. The highest BCUT2D eigenvalue weighted by Crippen LogP contribution is 2.31. The molecule has 156 valence electrons. The van der Waals surface area contributed by atoms with E-state index in [4.69, 9.17) is 14.2 Å². The molecule has 1 heterocycles. The number of methoxy groups -OCH3 is 2. The fraction of sp³-hybridized carbons (Fsp3) is 0.300. The second kappa shape index (κ2) is 12.3. The number of ether oxygens (including phenoxy) is 3. The minimum Gasteiger partial charge on any atom is -0.375 e. The van der Waals surface area contributed by atoms with Crippen LogP contribution < -0.4 is 0 Å². The van der Waals surface area contributed by atoms with Crippen LogP contribution in [0.15, 0.2) is 59.7 Å². The summed E-state index contributed by atoms with van der Waals surface area (Å²) in [6.45, 7) is -0.00528. The van der Waals surface area contributed by atoms with E-state index in [1.165, 1.54) is 14.2 Å². The van der Waals surface area contributed by atoms with Gasteiger partial charge in [-0.05, 0) is 18.2 Å². The average Bonchev–Trinajstić information content (AvgIpc) is 3.16. The zero-order valence-electron chi connectivity index (χ0n) is 16.1. The van der Waals surface area contributed by atoms with E-state index in [9.17, 15) is 13.6 Å². The highest BCUT2D eigenvalue weighted by atomic mass is 32.2. The van der Waals surface area contributed by atoms with Crippen molar-refractivity contribution >= 4 is 22.7 Å². The average molecular weight is 424 g/mol. The quantitative estimate of drug-likeness (QED) is 0.503. The van der Waals surface area contributed by atoms with Crippen LogP contribution >= 0.6 is 11.8 Å². The van der Waals surface area contributed by atoms with Crippen LogP contribution in [0.2, 0.25) is 0 Å². The maximum Gasteiger partial charge on any atom is 0.269 e. The van der Waals surface area contributed by atoms with Gasteiger partial charge in [0.15, 0.2) is 0 Å². The van der Waals surface area contributed by atoms with Crippen molar-refractivity contribution in [3.63, 3.8) is 0 Å². The topological polar surface area (TPSA) is 60.4 Å². The number of hydrogen-bond donors (Lipinski definition) is 0. The van der Waals surface area contributed by atoms with E-state index in [1.807, 2.05) is 36.4 Å². The summed E-state index contributed by atoms with van der Waals surface area (Å²) in [5.74, 6) is -1.60. The van der Waals surface area contributed by atoms with Gasteiger partial charge in [-0.3, -0.25) is 4.79 Å². The largest absolute Gasteiger partial charge is 0.375 e. The molecule has 1 amide bonds. The summed E-state index contributed by atoms with van der Waals surface area (Å²) in [5, 5.41) is 4.95. The van der Waals surface area contributed by atoms with Gasteiger partial charge in [-0.25, -0.2) is 13.8 Å². The van der Waals surface area contributed by atoms with Crippen LogP contribution in [0.3, 0.4) is 0 Å². The van der Waals surface area contributed by atoms with Crippen molar-refractivity contribution in [2.24, 2.45) is 5.10 Å². The number of benzene rings is 2. The van der Waals surface area contributed by atoms with Gasteiger partial charge in [-0.2, -0.15) is 5.10 Å². The zero-order valence-corrected chi connectivity index (χ0v) is 16.9. The van der Waals surface area contributed by atoms with E-state index >= 15 is 0 Å². The lowest BCUT2D eigenvalue weighted by molar-refractivity contribution is -0.137. The number of halogens is 2. The van der Waals surface area contributed by atoms with Crippen molar-refractivity contribution in [2.45, 2.75) is 5.37 Å². The molecule has 0 fully saturated rings. The first-order valence-corrected chi connectivity index (χ1v) is 9.53. The molecule has 0 N–H and O–H groups in total. The fourth-order valence-corrected chi connectivity index (χ4v) is 3.38. The molecule has 0 aliphatic carbocycles. The molecule has 1 atom stereocenters.